The molecule has 2 aliphatic rings. The summed E-state index contributed by atoms with van der Waals surface area (Å²) in [7, 11) is 0. The van der Waals surface area contributed by atoms with Gasteiger partial charge in [-0.1, -0.05) is 0 Å². The lowest BCUT2D eigenvalue weighted by Crippen LogP contribution is -2.40. The van der Waals surface area contributed by atoms with Crippen LogP contribution in [0.2, 0.25) is 0 Å². The number of anilines is 1. The van der Waals surface area contributed by atoms with Crippen LogP contribution >= 0.6 is 11.3 Å². The van der Waals surface area contributed by atoms with Crippen molar-refractivity contribution in [1.29, 1.82) is 5.26 Å². The molecule has 8 heteroatoms. The fourth-order valence-electron chi connectivity index (χ4n) is 5.83. The van der Waals surface area contributed by atoms with Gasteiger partial charge in [-0.25, -0.2) is 4.68 Å². The predicted octanol–water partition coefficient (Wildman–Crippen LogP) is 4.64. The van der Waals surface area contributed by atoms with E-state index in [0.717, 1.165) is 64.1 Å². The van der Waals surface area contributed by atoms with E-state index in [1.54, 1.807) is 23.6 Å². The maximum atomic E-state index is 12.4. The van der Waals surface area contributed by atoms with Crippen molar-refractivity contribution in [1.82, 2.24) is 20.1 Å². The molecule has 0 saturated carbocycles. The summed E-state index contributed by atoms with van der Waals surface area (Å²) in [5.41, 5.74) is 7.16. The van der Waals surface area contributed by atoms with Gasteiger partial charge in [0.05, 0.1) is 34.6 Å². The topological polar surface area (TPSA) is 86.8 Å². The van der Waals surface area contributed by atoms with Crippen LogP contribution in [0.4, 0.5) is 5.69 Å². The van der Waals surface area contributed by atoms with E-state index >= 15 is 0 Å². The molecule has 5 heterocycles. The Bertz CT molecular complexity index is 1610. The number of hydrogen-bond acceptors (Lipinski definition) is 7. The van der Waals surface area contributed by atoms with Crippen molar-refractivity contribution in [3.63, 3.8) is 0 Å². The van der Waals surface area contributed by atoms with Gasteiger partial charge in [-0.15, -0.1) is 11.3 Å². The minimum Gasteiger partial charge on any atom is -0.366 e. The molecule has 1 N–H and O–H groups in total. The van der Waals surface area contributed by atoms with Crippen molar-refractivity contribution >= 4 is 27.2 Å². The van der Waals surface area contributed by atoms with Gasteiger partial charge in [0.1, 0.15) is 0 Å². The van der Waals surface area contributed by atoms with Gasteiger partial charge in [-0.2, -0.15) is 10.4 Å². The van der Waals surface area contributed by atoms with E-state index < -0.39 is 0 Å². The molecule has 7 nitrogen and oxygen atoms in total. The Morgan fingerprint density at radius 1 is 1.24 bits per heavy atom. The van der Waals surface area contributed by atoms with Gasteiger partial charge >= 0.3 is 0 Å². The summed E-state index contributed by atoms with van der Waals surface area (Å²) < 4.78 is 2.57. The third-order valence-electron chi connectivity index (χ3n) is 7.52. The van der Waals surface area contributed by atoms with E-state index in [1.807, 2.05) is 19.2 Å². The van der Waals surface area contributed by atoms with Crippen molar-refractivity contribution in [2.24, 2.45) is 0 Å². The van der Waals surface area contributed by atoms with E-state index in [2.05, 4.69) is 58.4 Å². The number of pyridine rings is 1. The lowest BCUT2D eigenvalue weighted by atomic mass is 9.90. The van der Waals surface area contributed by atoms with Crippen molar-refractivity contribution in [2.75, 3.05) is 18.0 Å². The van der Waals surface area contributed by atoms with Gasteiger partial charge in [0.2, 0.25) is 0 Å². The fraction of sp³-hybridized carbons (Fsp3) is 0.379. The molecular weight excluding hydrogens is 480 g/mol. The van der Waals surface area contributed by atoms with Crippen molar-refractivity contribution < 1.29 is 0 Å². The monoisotopic (exact) mass is 510 g/mol. The highest BCUT2D eigenvalue weighted by atomic mass is 32.1. The normalized spacial score (nSPS) is 18.6. The number of hydrogen-bond donors (Lipinski definition) is 1. The van der Waals surface area contributed by atoms with Gasteiger partial charge in [-0.05, 0) is 75.4 Å². The van der Waals surface area contributed by atoms with Gasteiger partial charge in [0.25, 0.3) is 5.56 Å². The van der Waals surface area contributed by atoms with Crippen LogP contribution in [0, 0.1) is 18.3 Å². The molecule has 1 fully saturated rings. The minimum absolute atomic E-state index is 0.106. The first-order valence-corrected chi connectivity index (χ1v) is 13.6. The summed E-state index contributed by atoms with van der Waals surface area (Å²) >= 11 is 1.65. The Morgan fingerprint density at radius 2 is 2.11 bits per heavy atom. The van der Waals surface area contributed by atoms with Crippen LogP contribution in [-0.2, 0) is 13.0 Å². The lowest BCUT2D eigenvalue weighted by Gasteiger charge is -2.38. The number of nitriles is 1. The third kappa shape index (κ3) is 4.43. The average molecular weight is 511 g/mol. The summed E-state index contributed by atoms with van der Waals surface area (Å²) in [5.74, 6) is 0. The van der Waals surface area contributed by atoms with Crippen LogP contribution < -0.4 is 15.8 Å². The molecule has 4 aromatic rings. The van der Waals surface area contributed by atoms with Crippen molar-refractivity contribution in [3.05, 3.63) is 74.6 Å². The largest absolute Gasteiger partial charge is 0.366 e. The zero-order valence-electron chi connectivity index (χ0n) is 21.4. The zero-order valence-corrected chi connectivity index (χ0v) is 22.2. The van der Waals surface area contributed by atoms with Crippen LogP contribution in [0.25, 0.3) is 21.3 Å². The number of thiophene rings is 1. The second-order valence-electron chi connectivity index (χ2n) is 10.9. The van der Waals surface area contributed by atoms with Crippen molar-refractivity contribution in [3.8, 4) is 17.2 Å². The standard InChI is InChI=1S/C29H30N6OS/c1-18-9-26(36)35(33-15-18)17-22-12-25-28(37-22)23(6-7-31-25)24-11-19(14-30)10-20-5-4-8-34(27(20)24)21-13-29(2,3)32-16-21/h6-7,9-12,15,21,32H,4-5,8,13,16-17H2,1-3H3/t21-/m1/s1. The maximum absolute atomic E-state index is 12.4. The van der Waals surface area contributed by atoms with E-state index in [4.69, 9.17) is 0 Å². The highest BCUT2D eigenvalue weighted by Gasteiger charge is 2.36. The Kier molecular flexibility index (Phi) is 5.85. The zero-order chi connectivity index (χ0) is 25.7. The molecule has 0 bridgehead atoms. The molecule has 1 atom stereocenters. The Morgan fingerprint density at radius 3 is 2.86 bits per heavy atom. The van der Waals surface area contributed by atoms with Gasteiger partial charge in [-0.3, -0.25) is 9.78 Å². The highest BCUT2D eigenvalue weighted by Crippen LogP contribution is 2.44. The number of nitrogens with one attached hydrogen (secondary N) is 1. The molecule has 0 aliphatic carbocycles. The molecule has 0 spiro atoms. The second kappa shape index (κ2) is 9.09. The minimum atomic E-state index is -0.106. The van der Waals surface area contributed by atoms with Gasteiger partial charge in [0, 0.05) is 58.6 Å². The molecule has 3 aromatic heterocycles. The number of aryl methyl sites for hydroxylation is 2. The van der Waals surface area contributed by atoms with E-state index in [-0.39, 0.29) is 11.1 Å². The Balaban J connectivity index is 1.48. The highest BCUT2D eigenvalue weighted by molar-refractivity contribution is 7.19. The molecule has 188 valence electrons. The molecule has 37 heavy (non-hydrogen) atoms. The average Bonchev–Trinajstić information content (AvgIpc) is 3.46. The first-order chi connectivity index (χ1) is 17.8. The third-order valence-corrected chi connectivity index (χ3v) is 8.66. The van der Waals surface area contributed by atoms with E-state index in [9.17, 15) is 10.1 Å². The van der Waals surface area contributed by atoms with Crippen LogP contribution in [-0.4, -0.2) is 39.4 Å². The number of aromatic nitrogens is 3. The summed E-state index contributed by atoms with van der Waals surface area (Å²) in [4.78, 5) is 20.7. The smallest absolute Gasteiger partial charge is 0.267 e. The van der Waals surface area contributed by atoms with Crippen LogP contribution in [0.3, 0.4) is 0 Å². The van der Waals surface area contributed by atoms with Gasteiger partial charge < -0.3 is 10.2 Å². The number of benzene rings is 1. The SMILES string of the molecule is Cc1cnn(Cc2cc3nccc(-c4cc(C#N)cc5c4N([C@H]4CNC(C)(C)C4)CCC5)c3s2)c(=O)c1. The summed E-state index contributed by atoms with van der Waals surface area (Å²) in [6.07, 6.45) is 6.71. The molecular formula is C29H30N6OS. The molecule has 0 radical (unpaired) electrons. The predicted molar refractivity (Wildman–Crippen MR) is 148 cm³/mol. The van der Waals surface area contributed by atoms with Crippen LogP contribution in [0.5, 0.6) is 0 Å². The van der Waals surface area contributed by atoms with E-state index in [1.165, 1.54) is 15.9 Å². The summed E-state index contributed by atoms with van der Waals surface area (Å²) in [6.45, 7) is 8.79. The molecule has 0 amide bonds. The molecule has 1 saturated heterocycles. The molecule has 6 rings (SSSR count). The Hall–Kier alpha value is -3.54. The number of fused-ring (bicyclic) bond motifs is 2. The Labute approximate surface area is 220 Å². The lowest BCUT2D eigenvalue weighted by molar-refractivity contribution is 0.450. The first-order valence-electron chi connectivity index (χ1n) is 12.8. The molecule has 1 aromatic carbocycles. The number of rotatable bonds is 4. The van der Waals surface area contributed by atoms with Crippen LogP contribution in [0.1, 0.15) is 48.3 Å². The fourth-order valence-corrected chi connectivity index (χ4v) is 6.95. The molecule has 2 aliphatic heterocycles. The van der Waals surface area contributed by atoms with Crippen molar-refractivity contribution in [2.45, 2.75) is 58.2 Å². The summed E-state index contributed by atoms with van der Waals surface area (Å²) in [6, 6.07) is 12.7. The quantitative estimate of drug-likeness (QED) is 0.430. The second-order valence-corrected chi connectivity index (χ2v) is 12.0. The molecule has 0 unspecified atom stereocenters. The summed E-state index contributed by atoms with van der Waals surface area (Å²) in [5, 5.41) is 17.9. The van der Waals surface area contributed by atoms with E-state index in [0.29, 0.717) is 18.2 Å². The first kappa shape index (κ1) is 23.8. The number of nitrogens with zero attached hydrogens (tertiary/aromatic N) is 5. The maximum Gasteiger partial charge on any atom is 0.267 e. The van der Waals surface area contributed by atoms with Crippen LogP contribution in [0.15, 0.2) is 47.5 Å². The van der Waals surface area contributed by atoms with Gasteiger partial charge in [0.15, 0.2) is 0 Å².